The van der Waals surface area contributed by atoms with Gasteiger partial charge in [-0.15, -0.1) is 0 Å². The zero-order valence-corrected chi connectivity index (χ0v) is 17.8. The molecule has 0 aliphatic heterocycles. The highest BCUT2D eigenvalue weighted by molar-refractivity contribution is 6.03. The fraction of sp³-hybridized carbons (Fsp3) is 0.136. The predicted molar refractivity (Wildman–Crippen MR) is 115 cm³/mol. The van der Waals surface area contributed by atoms with Gasteiger partial charge in [-0.05, 0) is 35.4 Å². The molecule has 10 nitrogen and oxygen atoms in total. The van der Waals surface area contributed by atoms with Crippen LogP contribution in [-0.2, 0) is 16.6 Å². The van der Waals surface area contributed by atoms with Crippen LogP contribution in [0.1, 0.15) is 15.9 Å². The Hall–Kier alpha value is -4.86. The van der Waals surface area contributed by atoms with Crippen LogP contribution in [0, 0.1) is 11.3 Å². The minimum atomic E-state index is -5.08. The third-order valence-corrected chi connectivity index (χ3v) is 4.56. The molecular formula is C22H16F3N3O7. The number of hydrogen-bond donors (Lipinski definition) is 4. The lowest BCUT2D eigenvalue weighted by Gasteiger charge is -2.13. The maximum Gasteiger partial charge on any atom is 0.490 e. The Morgan fingerprint density at radius 3 is 2.23 bits per heavy atom. The molecule has 3 rings (SSSR count). The number of aryl methyl sites for hydroxylation is 1. The third-order valence-electron chi connectivity index (χ3n) is 4.56. The SMILES string of the molecule is Cn1c(=O)c(C(=O)NCC(=O)O)c(O)c2ccc(-c3cccc(C#N)c3)cc21.O=C(O)C(F)(F)F. The van der Waals surface area contributed by atoms with Gasteiger partial charge in [0.15, 0.2) is 0 Å². The Morgan fingerprint density at radius 1 is 1.09 bits per heavy atom. The number of carboxylic acid groups (broad SMARTS) is 2. The van der Waals surface area contributed by atoms with Crippen molar-refractivity contribution in [1.82, 2.24) is 9.88 Å². The first kappa shape index (κ1) is 26.4. The number of rotatable bonds is 4. The van der Waals surface area contributed by atoms with E-state index in [4.69, 9.17) is 20.3 Å². The lowest BCUT2D eigenvalue weighted by molar-refractivity contribution is -0.192. The van der Waals surface area contributed by atoms with Crippen LogP contribution in [0.2, 0.25) is 0 Å². The number of aromatic hydroxyl groups is 1. The molecule has 4 N–H and O–H groups in total. The molecule has 2 aromatic carbocycles. The summed E-state index contributed by atoms with van der Waals surface area (Å²) in [6.45, 7) is -0.673. The van der Waals surface area contributed by atoms with Crippen LogP contribution in [-0.4, -0.2) is 50.5 Å². The van der Waals surface area contributed by atoms with Crippen molar-refractivity contribution in [2.45, 2.75) is 6.18 Å². The summed E-state index contributed by atoms with van der Waals surface area (Å²) in [5, 5.41) is 37.7. The number of carbonyl (C=O) groups is 3. The van der Waals surface area contributed by atoms with Gasteiger partial charge in [0.1, 0.15) is 17.9 Å². The number of hydrogen-bond acceptors (Lipinski definition) is 6. The smallest absolute Gasteiger partial charge is 0.490 e. The van der Waals surface area contributed by atoms with Crippen LogP contribution in [0.15, 0.2) is 47.3 Å². The topological polar surface area (TPSA) is 170 Å². The van der Waals surface area contributed by atoms with Crippen molar-refractivity contribution in [2.75, 3.05) is 6.54 Å². The van der Waals surface area contributed by atoms with Crippen molar-refractivity contribution in [3.05, 3.63) is 63.9 Å². The Bertz CT molecular complexity index is 1420. The van der Waals surface area contributed by atoms with Gasteiger partial charge in [-0.25, -0.2) is 4.79 Å². The Kier molecular flexibility index (Phi) is 7.83. The van der Waals surface area contributed by atoms with E-state index < -0.39 is 47.4 Å². The number of benzene rings is 2. The summed E-state index contributed by atoms with van der Waals surface area (Å²) in [6, 6.07) is 13.9. The summed E-state index contributed by atoms with van der Waals surface area (Å²) < 4.78 is 32.9. The summed E-state index contributed by atoms with van der Waals surface area (Å²) in [6.07, 6.45) is -5.08. The van der Waals surface area contributed by atoms with Gasteiger partial charge in [0.2, 0.25) is 0 Å². The molecule has 182 valence electrons. The number of amides is 1. The lowest BCUT2D eigenvalue weighted by atomic mass is 10.0. The first-order valence-electron chi connectivity index (χ1n) is 9.44. The molecule has 0 unspecified atom stereocenters. The second-order valence-corrected chi connectivity index (χ2v) is 6.89. The average Bonchev–Trinajstić information content (AvgIpc) is 2.81. The molecule has 0 saturated carbocycles. The molecule has 0 saturated heterocycles. The van der Waals surface area contributed by atoms with E-state index in [1.54, 1.807) is 36.4 Å². The normalized spacial score (nSPS) is 10.6. The minimum Gasteiger partial charge on any atom is -0.506 e. The number of fused-ring (bicyclic) bond motifs is 1. The van der Waals surface area contributed by atoms with Crippen molar-refractivity contribution < 1.29 is 42.9 Å². The number of aromatic nitrogens is 1. The molecular weight excluding hydrogens is 475 g/mol. The van der Waals surface area contributed by atoms with Gasteiger partial charge in [0.05, 0.1) is 17.1 Å². The van der Waals surface area contributed by atoms with Crippen LogP contribution in [0.3, 0.4) is 0 Å². The van der Waals surface area contributed by atoms with E-state index in [1.807, 2.05) is 6.07 Å². The lowest BCUT2D eigenvalue weighted by Crippen LogP contribution is -2.35. The molecule has 0 aliphatic carbocycles. The van der Waals surface area contributed by atoms with Gasteiger partial charge in [0.25, 0.3) is 11.5 Å². The zero-order valence-electron chi connectivity index (χ0n) is 17.8. The van der Waals surface area contributed by atoms with E-state index in [1.165, 1.54) is 11.6 Å². The largest absolute Gasteiger partial charge is 0.506 e. The van der Waals surface area contributed by atoms with Crippen molar-refractivity contribution >= 4 is 28.7 Å². The minimum absolute atomic E-state index is 0.266. The van der Waals surface area contributed by atoms with Crippen molar-refractivity contribution in [3.63, 3.8) is 0 Å². The summed E-state index contributed by atoms with van der Waals surface area (Å²) in [5.74, 6) is -5.51. The summed E-state index contributed by atoms with van der Waals surface area (Å²) >= 11 is 0. The van der Waals surface area contributed by atoms with Gasteiger partial charge in [0, 0.05) is 12.4 Å². The highest BCUT2D eigenvalue weighted by Crippen LogP contribution is 2.30. The number of aliphatic carboxylic acids is 2. The fourth-order valence-electron chi connectivity index (χ4n) is 2.92. The first-order valence-corrected chi connectivity index (χ1v) is 9.44. The van der Waals surface area contributed by atoms with Gasteiger partial charge < -0.3 is 25.2 Å². The monoisotopic (exact) mass is 491 g/mol. The second-order valence-electron chi connectivity index (χ2n) is 6.89. The molecule has 0 spiro atoms. The highest BCUT2D eigenvalue weighted by atomic mass is 19.4. The summed E-state index contributed by atoms with van der Waals surface area (Å²) in [4.78, 5) is 44.3. The Balaban J connectivity index is 0.000000540. The van der Waals surface area contributed by atoms with Gasteiger partial charge >= 0.3 is 18.1 Å². The molecule has 3 aromatic rings. The van der Waals surface area contributed by atoms with Gasteiger partial charge in [-0.3, -0.25) is 14.4 Å². The quantitative estimate of drug-likeness (QED) is 0.431. The predicted octanol–water partition coefficient (Wildman–Crippen LogP) is 2.23. The molecule has 1 amide bonds. The Morgan fingerprint density at radius 2 is 1.69 bits per heavy atom. The van der Waals surface area contributed by atoms with E-state index in [0.29, 0.717) is 11.1 Å². The molecule has 1 aromatic heterocycles. The van der Waals surface area contributed by atoms with E-state index in [9.17, 15) is 32.7 Å². The number of nitrogens with one attached hydrogen (secondary N) is 1. The molecule has 0 radical (unpaired) electrons. The van der Waals surface area contributed by atoms with Crippen molar-refractivity contribution in [2.24, 2.45) is 7.05 Å². The zero-order chi connectivity index (χ0) is 26.5. The van der Waals surface area contributed by atoms with Crippen LogP contribution in [0.5, 0.6) is 5.75 Å². The van der Waals surface area contributed by atoms with Crippen LogP contribution in [0.4, 0.5) is 13.2 Å². The van der Waals surface area contributed by atoms with E-state index in [0.717, 1.165) is 11.1 Å². The number of carbonyl (C=O) groups excluding carboxylic acids is 1. The number of nitrogens with zero attached hydrogens (tertiary/aromatic N) is 2. The third kappa shape index (κ3) is 6.14. The van der Waals surface area contributed by atoms with Gasteiger partial charge in [-0.1, -0.05) is 18.2 Å². The number of carboxylic acids is 2. The van der Waals surface area contributed by atoms with Crippen molar-refractivity contribution in [3.8, 4) is 22.9 Å². The maximum absolute atomic E-state index is 12.6. The maximum atomic E-state index is 12.6. The number of pyridine rings is 1. The second kappa shape index (κ2) is 10.4. The van der Waals surface area contributed by atoms with Crippen molar-refractivity contribution in [1.29, 1.82) is 5.26 Å². The average molecular weight is 491 g/mol. The number of alkyl halides is 3. The first-order chi connectivity index (χ1) is 16.3. The molecule has 0 atom stereocenters. The molecule has 35 heavy (non-hydrogen) atoms. The van der Waals surface area contributed by atoms with E-state index >= 15 is 0 Å². The molecule has 0 bridgehead atoms. The number of halogens is 3. The van der Waals surface area contributed by atoms with Gasteiger partial charge in [-0.2, -0.15) is 18.4 Å². The molecule has 1 heterocycles. The summed E-state index contributed by atoms with van der Waals surface area (Å²) in [5.41, 5.74) is 1.08. The van der Waals surface area contributed by atoms with E-state index in [-0.39, 0.29) is 5.39 Å². The van der Waals surface area contributed by atoms with Crippen LogP contribution >= 0.6 is 0 Å². The molecule has 0 fully saturated rings. The van der Waals surface area contributed by atoms with Crippen LogP contribution < -0.4 is 10.9 Å². The van der Waals surface area contributed by atoms with Crippen LogP contribution in [0.25, 0.3) is 22.0 Å². The molecule has 13 heteroatoms. The summed E-state index contributed by atoms with van der Waals surface area (Å²) in [7, 11) is 1.45. The highest BCUT2D eigenvalue weighted by Gasteiger charge is 2.38. The van der Waals surface area contributed by atoms with E-state index in [2.05, 4.69) is 11.4 Å². The fourth-order valence-corrected chi connectivity index (χ4v) is 2.92. The standard InChI is InChI=1S/C20H15N3O5.C2HF3O2/c1-23-15-8-13(12-4-2-3-11(7-12)9-21)5-6-14(15)18(26)17(20(23)28)19(27)22-10-16(24)25;3-2(4,5)1(6)7/h2-8,26H,10H2,1H3,(H,22,27)(H,24,25);(H,6,7). The Labute approximate surface area is 194 Å². The molecule has 0 aliphatic rings. The number of nitriles is 1.